The minimum absolute atomic E-state index is 0.239. The second kappa shape index (κ2) is 4.07. The van der Waals surface area contributed by atoms with E-state index in [0.29, 0.717) is 0 Å². The number of hydrogen-bond donors (Lipinski definition) is 2. The molecular formula is C13H19NO2. The van der Waals surface area contributed by atoms with Gasteiger partial charge in [-0.05, 0) is 44.6 Å². The van der Waals surface area contributed by atoms with Crippen LogP contribution < -0.4 is 0 Å². The maximum Gasteiger partial charge on any atom is 0.115 e. The standard InChI is InChI=1S/C13H19NO2/c1-13(16,11-7-8-14(2)9-11)10-3-5-12(15)6-4-10/h3-6,11,15-16H,7-9H2,1-2H3. The fourth-order valence-electron chi connectivity index (χ4n) is 2.43. The molecule has 0 bridgehead atoms. The van der Waals surface area contributed by atoms with Crippen LogP contribution in [0.4, 0.5) is 0 Å². The first-order valence-electron chi connectivity index (χ1n) is 5.70. The Bertz CT molecular complexity index is 359. The Morgan fingerprint density at radius 1 is 1.31 bits per heavy atom. The van der Waals surface area contributed by atoms with Gasteiger partial charge in [-0.1, -0.05) is 12.1 Å². The van der Waals surface area contributed by atoms with Crippen molar-refractivity contribution in [3.63, 3.8) is 0 Å². The molecule has 3 nitrogen and oxygen atoms in total. The summed E-state index contributed by atoms with van der Waals surface area (Å²) in [7, 11) is 2.08. The van der Waals surface area contributed by atoms with Crippen molar-refractivity contribution < 1.29 is 10.2 Å². The van der Waals surface area contributed by atoms with Crippen LogP contribution in [0.5, 0.6) is 5.75 Å². The summed E-state index contributed by atoms with van der Waals surface area (Å²) < 4.78 is 0. The molecule has 2 rings (SSSR count). The van der Waals surface area contributed by atoms with E-state index >= 15 is 0 Å². The lowest BCUT2D eigenvalue weighted by atomic mass is 9.82. The summed E-state index contributed by atoms with van der Waals surface area (Å²) >= 11 is 0. The van der Waals surface area contributed by atoms with Crippen LogP contribution in [0.2, 0.25) is 0 Å². The smallest absolute Gasteiger partial charge is 0.115 e. The molecule has 1 fully saturated rings. The Balaban J connectivity index is 2.21. The van der Waals surface area contributed by atoms with Crippen molar-refractivity contribution in [3.8, 4) is 5.75 Å². The molecule has 2 unspecified atom stereocenters. The van der Waals surface area contributed by atoms with E-state index in [2.05, 4.69) is 11.9 Å². The maximum absolute atomic E-state index is 10.6. The molecule has 0 amide bonds. The monoisotopic (exact) mass is 221 g/mol. The summed E-state index contributed by atoms with van der Waals surface area (Å²) in [5.41, 5.74) is 0.0731. The zero-order valence-electron chi connectivity index (χ0n) is 9.85. The van der Waals surface area contributed by atoms with Gasteiger partial charge in [-0.25, -0.2) is 0 Å². The Kier molecular flexibility index (Phi) is 2.91. The third-order valence-electron chi connectivity index (χ3n) is 3.64. The number of rotatable bonds is 2. The Morgan fingerprint density at radius 2 is 1.94 bits per heavy atom. The van der Waals surface area contributed by atoms with E-state index in [0.717, 1.165) is 25.1 Å². The fourth-order valence-corrected chi connectivity index (χ4v) is 2.43. The fraction of sp³-hybridized carbons (Fsp3) is 0.538. The average molecular weight is 221 g/mol. The first-order chi connectivity index (χ1) is 7.50. The van der Waals surface area contributed by atoms with Crippen molar-refractivity contribution in [2.45, 2.75) is 18.9 Å². The van der Waals surface area contributed by atoms with Gasteiger partial charge in [0.05, 0.1) is 5.60 Å². The molecule has 1 aromatic carbocycles. The van der Waals surface area contributed by atoms with E-state index in [1.54, 1.807) is 24.3 Å². The van der Waals surface area contributed by atoms with Gasteiger partial charge in [0.15, 0.2) is 0 Å². The summed E-state index contributed by atoms with van der Waals surface area (Å²) in [6.07, 6.45) is 1.02. The van der Waals surface area contributed by atoms with Gasteiger partial charge < -0.3 is 15.1 Å². The van der Waals surface area contributed by atoms with Gasteiger partial charge in [0.2, 0.25) is 0 Å². The third-order valence-corrected chi connectivity index (χ3v) is 3.64. The average Bonchev–Trinajstić information content (AvgIpc) is 2.66. The number of aliphatic hydroxyl groups is 1. The molecule has 0 aromatic heterocycles. The number of hydrogen-bond acceptors (Lipinski definition) is 3. The second-order valence-electron chi connectivity index (χ2n) is 4.94. The lowest BCUT2D eigenvalue weighted by molar-refractivity contribution is -0.00122. The molecule has 1 saturated heterocycles. The molecule has 1 heterocycles. The summed E-state index contributed by atoms with van der Waals surface area (Å²) in [6.45, 7) is 3.83. The summed E-state index contributed by atoms with van der Waals surface area (Å²) in [4.78, 5) is 2.24. The number of phenols is 1. The van der Waals surface area contributed by atoms with E-state index in [-0.39, 0.29) is 11.7 Å². The van der Waals surface area contributed by atoms with Crippen molar-refractivity contribution in [1.29, 1.82) is 0 Å². The quantitative estimate of drug-likeness (QED) is 0.796. The highest BCUT2D eigenvalue weighted by Gasteiger charge is 2.37. The lowest BCUT2D eigenvalue weighted by Gasteiger charge is -2.30. The topological polar surface area (TPSA) is 43.7 Å². The molecule has 88 valence electrons. The molecule has 2 atom stereocenters. The lowest BCUT2D eigenvalue weighted by Crippen LogP contribution is -2.33. The Labute approximate surface area is 96.3 Å². The molecule has 1 aliphatic heterocycles. The molecule has 16 heavy (non-hydrogen) atoms. The van der Waals surface area contributed by atoms with Crippen LogP contribution in [-0.4, -0.2) is 35.3 Å². The van der Waals surface area contributed by atoms with E-state index in [4.69, 9.17) is 0 Å². The highest BCUT2D eigenvalue weighted by atomic mass is 16.3. The first kappa shape index (κ1) is 11.4. The van der Waals surface area contributed by atoms with Gasteiger partial charge in [-0.15, -0.1) is 0 Å². The minimum Gasteiger partial charge on any atom is -0.508 e. The first-order valence-corrected chi connectivity index (χ1v) is 5.70. The molecule has 0 saturated carbocycles. The predicted molar refractivity (Wildman–Crippen MR) is 63.3 cm³/mol. The summed E-state index contributed by atoms with van der Waals surface area (Å²) in [5.74, 6) is 0.505. The van der Waals surface area contributed by atoms with Crippen LogP contribution in [0.15, 0.2) is 24.3 Å². The molecule has 2 N–H and O–H groups in total. The second-order valence-corrected chi connectivity index (χ2v) is 4.94. The van der Waals surface area contributed by atoms with Gasteiger partial charge in [0.25, 0.3) is 0 Å². The summed E-state index contributed by atoms with van der Waals surface area (Å²) in [5, 5.41) is 19.8. The van der Waals surface area contributed by atoms with Crippen molar-refractivity contribution in [1.82, 2.24) is 4.90 Å². The zero-order chi connectivity index (χ0) is 11.8. The van der Waals surface area contributed by atoms with Crippen LogP contribution in [0.1, 0.15) is 18.9 Å². The molecule has 3 heteroatoms. The molecule has 0 spiro atoms. The molecule has 0 radical (unpaired) electrons. The number of likely N-dealkylation sites (tertiary alicyclic amines) is 1. The van der Waals surface area contributed by atoms with Gasteiger partial charge >= 0.3 is 0 Å². The van der Waals surface area contributed by atoms with Crippen molar-refractivity contribution in [2.24, 2.45) is 5.92 Å². The zero-order valence-corrected chi connectivity index (χ0v) is 9.85. The van der Waals surface area contributed by atoms with Gasteiger partial charge in [-0.3, -0.25) is 0 Å². The highest BCUT2D eigenvalue weighted by Crippen LogP contribution is 2.35. The number of benzene rings is 1. The van der Waals surface area contributed by atoms with Crippen LogP contribution in [0.25, 0.3) is 0 Å². The van der Waals surface area contributed by atoms with E-state index in [1.165, 1.54) is 0 Å². The van der Waals surface area contributed by atoms with E-state index in [9.17, 15) is 10.2 Å². The van der Waals surface area contributed by atoms with Crippen LogP contribution in [0, 0.1) is 5.92 Å². The van der Waals surface area contributed by atoms with Crippen LogP contribution in [-0.2, 0) is 5.60 Å². The predicted octanol–water partition coefficient (Wildman–Crippen LogP) is 1.55. The van der Waals surface area contributed by atoms with Crippen LogP contribution in [0.3, 0.4) is 0 Å². The number of nitrogens with zero attached hydrogens (tertiary/aromatic N) is 1. The SMILES string of the molecule is CN1CCC(C(C)(O)c2ccc(O)cc2)C1. The minimum atomic E-state index is -0.807. The van der Waals surface area contributed by atoms with Crippen molar-refractivity contribution in [2.75, 3.05) is 20.1 Å². The number of aromatic hydroxyl groups is 1. The van der Waals surface area contributed by atoms with Gasteiger partial charge in [0.1, 0.15) is 5.75 Å². The van der Waals surface area contributed by atoms with E-state index < -0.39 is 5.60 Å². The molecule has 1 aromatic rings. The van der Waals surface area contributed by atoms with Crippen molar-refractivity contribution >= 4 is 0 Å². The highest BCUT2D eigenvalue weighted by molar-refractivity contribution is 5.30. The Morgan fingerprint density at radius 3 is 2.44 bits per heavy atom. The number of phenolic OH excluding ortho intramolecular Hbond substituents is 1. The van der Waals surface area contributed by atoms with Gasteiger partial charge in [0, 0.05) is 12.5 Å². The van der Waals surface area contributed by atoms with Crippen LogP contribution >= 0.6 is 0 Å². The van der Waals surface area contributed by atoms with E-state index in [1.807, 2.05) is 6.92 Å². The summed E-state index contributed by atoms with van der Waals surface area (Å²) in [6, 6.07) is 6.85. The molecule has 1 aliphatic rings. The normalized spacial score (nSPS) is 25.6. The molecular weight excluding hydrogens is 202 g/mol. The molecule has 0 aliphatic carbocycles. The Hall–Kier alpha value is -1.06. The van der Waals surface area contributed by atoms with Crippen molar-refractivity contribution in [3.05, 3.63) is 29.8 Å². The third kappa shape index (κ3) is 2.06. The largest absolute Gasteiger partial charge is 0.508 e. The maximum atomic E-state index is 10.6. The van der Waals surface area contributed by atoms with Gasteiger partial charge in [-0.2, -0.15) is 0 Å².